The highest BCUT2D eigenvalue weighted by Crippen LogP contribution is 2.60. The Morgan fingerprint density at radius 3 is 2.50 bits per heavy atom. The molecule has 2 rings (SSSR count). The van der Waals surface area contributed by atoms with Crippen molar-refractivity contribution in [3.05, 3.63) is 12.2 Å². The largest absolute Gasteiger partial charge is 0.396 e. The summed E-state index contributed by atoms with van der Waals surface area (Å²) in [6.45, 7) is 8.47. The van der Waals surface area contributed by atoms with Gasteiger partial charge in [0, 0.05) is 17.9 Å². The van der Waals surface area contributed by atoms with E-state index >= 15 is 0 Å². The van der Waals surface area contributed by atoms with Crippen LogP contribution in [-0.4, -0.2) is 34.6 Å². The molecule has 2 fully saturated rings. The van der Waals surface area contributed by atoms with Crippen LogP contribution in [0.5, 0.6) is 0 Å². The maximum Gasteiger partial charge on any atom is 0.0603 e. The van der Waals surface area contributed by atoms with Crippen LogP contribution in [0.1, 0.15) is 39.5 Å². The second kappa shape index (κ2) is 4.62. The van der Waals surface area contributed by atoms with Crippen LogP contribution in [0.2, 0.25) is 0 Å². The molecule has 0 spiro atoms. The fraction of sp³-hybridized carbons (Fsp3) is 0.867. The van der Waals surface area contributed by atoms with Gasteiger partial charge < -0.3 is 15.3 Å². The summed E-state index contributed by atoms with van der Waals surface area (Å²) in [4.78, 5) is 0. The highest BCUT2D eigenvalue weighted by Gasteiger charge is 2.58. The van der Waals surface area contributed by atoms with Gasteiger partial charge in [-0.05, 0) is 37.0 Å². The van der Waals surface area contributed by atoms with Gasteiger partial charge in [-0.2, -0.15) is 0 Å². The lowest BCUT2D eigenvalue weighted by Crippen LogP contribution is -2.58. The predicted molar refractivity (Wildman–Crippen MR) is 71.0 cm³/mol. The number of fused-ring (bicyclic) bond motifs is 1. The van der Waals surface area contributed by atoms with Crippen molar-refractivity contribution in [3.8, 4) is 0 Å². The molecular formula is C15H26O3. The summed E-state index contributed by atoms with van der Waals surface area (Å²) in [6, 6.07) is 0. The summed E-state index contributed by atoms with van der Waals surface area (Å²) in [5.41, 5.74) is 0.569. The van der Waals surface area contributed by atoms with Gasteiger partial charge >= 0.3 is 0 Å². The van der Waals surface area contributed by atoms with Crippen LogP contribution in [0.15, 0.2) is 12.2 Å². The molecule has 0 aromatic rings. The SMILES string of the molecule is C=C1CC[C@H]2[C@](C)(CO)CC[C@@H](O)[C@]2(C)[C@H]1CO. The van der Waals surface area contributed by atoms with E-state index in [1.807, 2.05) is 0 Å². The monoisotopic (exact) mass is 254 g/mol. The molecule has 0 aliphatic heterocycles. The Labute approximate surface area is 110 Å². The minimum atomic E-state index is -0.406. The van der Waals surface area contributed by atoms with E-state index in [2.05, 4.69) is 20.4 Å². The first-order valence-electron chi connectivity index (χ1n) is 6.97. The summed E-state index contributed by atoms with van der Waals surface area (Å²) in [5, 5.41) is 29.9. The average molecular weight is 254 g/mol. The van der Waals surface area contributed by atoms with E-state index in [4.69, 9.17) is 0 Å². The van der Waals surface area contributed by atoms with E-state index in [1.165, 1.54) is 0 Å². The molecule has 3 heteroatoms. The second-order valence-electron chi connectivity index (χ2n) is 6.72. The highest BCUT2D eigenvalue weighted by atomic mass is 16.3. The van der Waals surface area contributed by atoms with Crippen molar-refractivity contribution in [3.63, 3.8) is 0 Å². The third-order valence-corrected chi connectivity index (χ3v) is 5.84. The van der Waals surface area contributed by atoms with E-state index in [9.17, 15) is 15.3 Å². The van der Waals surface area contributed by atoms with E-state index in [-0.39, 0.29) is 35.9 Å². The molecule has 0 heterocycles. The van der Waals surface area contributed by atoms with Crippen LogP contribution in [-0.2, 0) is 0 Å². The van der Waals surface area contributed by atoms with Crippen LogP contribution in [0.25, 0.3) is 0 Å². The van der Waals surface area contributed by atoms with E-state index in [1.54, 1.807) is 0 Å². The molecule has 0 amide bonds. The quantitative estimate of drug-likeness (QED) is 0.658. The number of hydrogen-bond donors (Lipinski definition) is 3. The molecule has 0 unspecified atom stereocenters. The Bertz CT molecular complexity index is 341. The summed E-state index contributed by atoms with van der Waals surface area (Å²) >= 11 is 0. The second-order valence-corrected chi connectivity index (χ2v) is 6.72. The first-order chi connectivity index (χ1) is 8.40. The van der Waals surface area contributed by atoms with Crippen LogP contribution < -0.4 is 0 Å². The van der Waals surface area contributed by atoms with Gasteiger partial charge in [-0.3, -0.25) is 0 Å². The molecule has 0 saturated heterocycles. The Morgan fingerprint density at radius 2 is 1.94 bits per heavy atom. The van der Waals surface area contributed by atoms with E-state index < -0.39 is 6.10 Å². The van der Waals surface area contributed by atoms with Crippen LogP contribution >= 0.6 is 0 Å². The molecule has 104 valence electrons. The predicted octanol–water partition coefficient (Wildman–Crippen LogP) is 1.72. The molecular weight excluding hydrogens is 228 g/mol. The Hall–Kier alpha value is -0.380. The normalized spacial score (nSPS) is 48.9. The maximum absolute atomic E-state index is 10.5. The first-order valence-corrected chi connectivity index (χ1v) is 6.97. The van der Waals surface area contributed by atoms with Gasteiger partial charge in [0.15, 0.2) is 0 Å². The summed E-state index contributed by atoms with van der Waals surface area (Å²) < 4.78 is 0. The van der Waals surface area contributed by atoms with E-state index in [0.717, 1.165) is 24.8 Å². The van der Waals surface area contributed by atoms with Gasteiger partial charge in [-0.15, -0.1) is 0 Å². The van der Waals surface area contributed by atoms with Gasteiger partial charge in [0.05, 0.1) is 12.7 Å². The molecule has 0 bridgehead atoms. The van der Waals surface area contributed by atoms with Gasteiger partial charge in [-0.1, -0.05) is 26.0 Å². The van der Waals surface area contributed by atoms with Crippen molar-refractivity contribution >= 4 is 0 Å². The fourth-order valence-electron chi connectivity index (χ4n) is 4.53. The summed E-state index contributed by atoms with van der Waals surface area (Å²) in [6.07, 6.45) is 3.01. The number of aliphatic hydroxyl groups is 3. The third kappa shape index (κ3) is 1.75. The van der Waals surface area contributed by atoms with Crippen molar-refractivity contribution in [2.24, 2.45) is 22.7 Å². The molecule has 0 aromatic heterocycles. The van der Waals surface area contributed by atoms with Crippen molar-refractivity contribution in [1.29, 1.82) is 0 Å². The minimum absolute atomic E-state index is 0.0441. The van der Waals surface area contributed by atoms with Gasteiger partial charge in [0.2, 0.25) is 0 Å². The maximum atomic E-state index is 10.5. The Morgan fingerprint density at radius 1 is 1.28 bits per heavy atom. The van der Waals surface area contributed by atoms with Crippen molar-refractivity contribution in [2.45, 2.75) is 45.6 Å². The molecule has 18 heavy (non-hydrogen) atoms. The number of aliphatic hydroxyl groups excluding tert-OH is 3. The summed E-state index contributed by atoms with van der Waals surface area (Å²) in [7, 11) is 0. The summed E-state index contributed by atoms with van der Waals surface area (Å²) in [5.74, 6) is 0.207. The molecule has 3 N–H and O–H groups in total. The molecule has 2 aliphatic carbocycles. The van der Waals surface area contributed by atoms with E-state index in [0.29, 0.717) is 6.42 Å². The zero-order valence-electron chi connectivity index (χ0n) is 11.5. The smallest absolute Gasteiger partial charge is 0.0603 e. The lowest BCUT2D eigenvalue weighted by molar-refractivity contribution is -0.160. The Balaban J connectivity index is 2.43. The van der Waals surface area contributed by atoms with Crippen LogP contribution in [0.3, 0.4) is 0 Å². The van der Waals surface area contributed by atoms with Crippen molar-refractivity contribution < 1.29 is 15.3 Å². The molecule has 0 radical (unpaired) electrons. The zero-order chi connectivity index (χ0) is 13.6. The Kier molecular flexibility index (Phi) is 3.60. The molecule has 2 saturated carbocycles. The fourth-order valence-corrected chi connectivity index (χ4v) is 4.53. The van der Waals surface area contributed by atoms with Crippen molar-refractivity contribution in [1.82, 2.24) is 0 Å². The van der Waals surface area contributed by atoms with Gasteiger partial charge in [0.1, 0.15) is 0 Å². The number of hydrogen-bond acceptors (Lipinski definition) is 3. The molecule has 5 atom stereocenters. The number of rotatable bonds is 2. The average Bonchev–Trinajstić information content (AvgIpc) is 2.34. The van der Waals surface area contributed by atoms with Crippen molar-refractivity contribution in [2.75, 3.05) is 13.2 Å². The topological polar surface area (TPSA) is 60.7 Å². The zero-order valence-corrected chi connectivity index (χ0v) is 11.5. The standard InChI is InChI=1S/C15H26O3/c1-10-4-5-12-14(2,9-17)7-6-13(18)15(12,3)11(10)8-16/h11-13,16-18H,1,4-9H2,2-3H3/t11-,12-,13+,14-,15+/m0/s1. The molecule has 3 nitrogen and oxygen atoms in total. The lowest BCUT2D eigenvalue weighted by Gasteiger charge is -2.60. The van der Waals surface area contributed by atoms with Gasteiger partial charge in [0.25, 0.3) is 0 Å². The minimum Gasteiger partial charge on any atom is -0.396 e. The molecule has 2 aliphatic rings. The third-order valence-electron chi connectivity index (χ3n) is 5.84. The molecule has 0 aromatic carbocycles. The van der Waals surface area contributed by atoms with Gasteiger partial charge in [-0.25, -0.2) is 0 Å². The van der Waals surface area contributed by atoms with Crippen LogP contribution in [0, 0.1) is 22.7 Å². The van der Waals surface area contributed by atoms with Crippen LogP contribution in [0.4, 0.5) is 0 Å². The highest BCUT2D eigenvalue weighted by molar-refractivity contribution is 5.18. The lowest BCUT2D eigenvalue weighted by atomic mass is 9.46. The first kappa shape index (κ1) is 14.0.